The van der Waals surface area contributed by atoms with Gasteiger partial charge in [-0.1, -0.05) is 40.9 Å². The second-order valence-electron chi connectivity index (χ2n) is 5.24. The number of amides is 1. The predicted octanol–water partition coefficient (Wildman–Crippen LogP) is 3.51. The van der Waals surface area contributed by atoms with Crippen LogP contribution in [0.4, 0.5) is 0 Å². The van der Waals surface area contributed by atoms with Gasteiger partial charge in [0.25, 0.3) is 5.91 Å². The van der Waals surface area contributed by atoms with Gasteiger partial charge in [0.2, 0.25) is 0 Å². The third-order valence-electron chi connectivity index (χ3n) is 3.36. The third kappa shape index (κ3) is 4.69. The molecule has 0 unspecified atom stereocenters. The maximum absolute atomic E-state index is 12.1. The lowest BCUT2D eigenvalue weighted by Crippen LogP contribution is -2.28. The summed E-state index contributed by atoms with van der Waals surface area (Å²) in [6, 6.07) is 6.68. The number of aromatic nitrogens is 4. The Morgan fingerprint density at radius 3 is 2.62 bits per heavy atom. The molecule has 0 radical (unpaired) electrons. The molecule has 0 saturated heterocycles. The lowest BCUT2D eigenvalue weighted by atomic mass is 10.3. The molecule has 10 heteroatoms. The molecule has 2 heterocycles. The van der Waals surface area contributed by atoms with Crippen LogP contribution < -0.4 is 10.1 Å². The zero-order valence-electron chi connectivity index (χ0n) is 13.4. The van der Waals surface area contributed by atoms with Crippen LogP contribution in [0.5, 0.6) is 5.75 Å². The average molecular weight is 415 g/mol. The van der Waals surface area contributed by atoms with E-state index in [1.807, 2.05) is 0 Å². The molecule has 1 N–H and O–H groups in total. The van der Waals surface area contributed by atoms with Gasteiger partial charge in [-0.3, -0.25) is 9.48 Å². The molecular weight excluding hydrogens is 401 g/mol. The fourth-order valence-corrected chi connectivity index (χ4v) is 2.80. The smallest absolute Gasteiger partial charge is 0.271 e. The average Bonchev–Trinajstić information content (AvgIpc) is 3.23. The topological polar surface area (TPSA) is 74.0 Å². The number of halogens is 3. The zero-order valence-corrected chi connectivity index (χ0v) is 15.7. The highest BCUT2D eigenvalue weighted by atomic mass is 35.5. The van der Waals surface area contributed by atoms with Crippen LogP contribution in [0.3, 0.4) is 0 Å². The van der Waals surface area contributed by atoms with E-state index in [1.54, 1.807) is 41.3 Å². The summed E-state index contributed by atoms with van der Waals surface area (Å²) < 4.78 is 8.68. The van der Waals surface area contributed by atoms with Gasteiger partial charge in [-0.15, -0.1) is 0 Å². The molecule has 0 aliphatic rings. The molecule has 0 aliphatic carbocycles. The zero-order chi connectivity index (χ0) is 18.5. The Labute approximate surface area is 164 Å². The van der Waals surface area contributed by atoms with Gasteiger partial charge in [0.15, 0.2) is 12.5 Å². The number of rotatable bonds is 7. The number of hydrogen-bond acceptors (Lipinski definition) is 4. The maximum Gasteiger partial charge on any atom is 0.271 e. The summed E-state index contributed by atoms with van der Waals surface area (Å²) >= 11 is 17.9. The number of carbonyl (C=O) groups excluding carboxylic acids is 1. The predicted molar refractivity (Wildman–Crippen MR) is 98.9 cm³/mol. The second kappa shape index (κ2) is 8.44. The summed E-state index contributed by atoms with van der Waals surface area (Å²) in [6.45, 7) is 0.977. The van der Waals surface area contributed by atoms with Gasteiger partial charge in [-0.2, -0.15) is 10.2 Å². The molecule has 0 bridgehead atoms. The maximum atomic E-state index is 12.1. The summed E-state index contributed by atoms with van der Waals surface area (Å²) in [7, 11) is 0. The minimum Gasteiger partial charge on any atom is -0.468 e. The van der Waals surface area contributed by atoms with E-state index in [-0.39, 0.29) is 18.3 Å². The van der Waals surface area contributed by atoms with Crippen LogP contribution in [-0.4, -0.2) is 32.0 Å². The monoisotopic (exact) mass is 413 g/mol. The fraction of sp³-hybridized carbons (Fsp3) is 0.188. The van der Waals surface area contributed by atoms with Crippen LogP contribution in [0.2, 0.25) is 15.1 Å². The van der Waals surface area contributed by atoms with Crippen LogP contribution in [0.1, 0.15) is 10.5 Å². The fourth-order valence-electron chi connectivity index (χ4n) is 2.14. The molecule has 0 saturated carbocycles. The summed E-state index contributed by atoms with van der Waals surface area (Å²) in [5, 5.41) is 12.3. The standard InChI is InChI=1S/C16H14Cl3N5O2/c17-11-8-21-23(9-11)7-5-20-16(25)14-4-6-24(22-14)10-26-15-12(18)2-1-3-13(15)19/h1-4,6,8-9H,5,7,10H2,(H,20,25). The van der Waals surface area contributed by atoms with Gasteiger partial charge >= 0.3 is 0 Å². The van der Waals surface area contributed by atoms with Crippen LogP contribution >= 0.6 is 34.8 Å². The third-order valence-corrected chi connectivity index (χ3v) is 4.15. The van der Waals surface area contributed by atoms with Crippen molar-refractivity contribution >= 4 is 40.7 Å². The van der Waals surface area contributed by atoms with E-state index in [4.69, 9.17) is 39.5 Å². The first-order valence-corrected chi connectivity index (χ1v) is 8.73. The van der Waals surface area contributed by atoms with Crippen molar-refractivity contribution in [3.63, 3.8) is 0 Å². The molecule has 0 atom stereocenters. The van der Waals surface area contributed by atoms with Crippen molar-refractivity contribution in [2.24, 2.45) is 0 Å². The number of benzene rings is 1. The van der Waals surface area contributed by atoms with Crippen molar-refractivity contribution < 1.29 is 9.53 Å². The molecule has 7 nitrogen and oxygen atoms in total. The highest BCUT2D eigenvalue weighted by Gasteiger charge is 2.11. The number of nitrogens with one attached hydrogen (secondary N) is 1. The number of para-hydroxylation sites is 1. The first-order valence-electron chi connectivity index (χ1n) is 7.59. The van der Waals surface area contributed by atoms with Gasteiger partial charge in [-0.25, -0.2) is 4.68 Å². The van der Waals surface area contributed by atoms with Crippen molar-refractivity contribution in [2.75, 3.05) is 6.54 Å². The van der Waals surface area contributed by atoms with Crippen LogP contribution in [0.25, 0.3) is 0 Å². The van der Waals surface area contributed by atoms with E-state index in [9.17, 15) is 4.79 Å². The number of ether oxygens (including phenoxy) is 1. The Morgan fingerprint density at radius 1 is 1.15 bits per heavy atom. The first kappa shape index (κ1) is 18.6. The van der Waals surface area contributed by atoms with E-state index in [0.717, 1.165) is 0 Å². The van der Waals surface area contributed by atoms with Gasteiger partial charge < -0.3 is 10.1 Å². The lowest BCUT2D eigenvalue weighted by Gasteiger charge is -2.09. The summed E-state index contributed by atoms with van der Waals surface area (Å²) in [5.41, 5.74) is 0.275. The summed E-state index contributed by atoms with van der Waals surface area (Å²) in [5.74, 6) is 0.0768. The molecule has 0 fully saturated rings. The Hall–Kier alpha value is -2.22. The minimum absolute atomic E-state index is 0.0719. The van der Waals surface area contributed by atoms with Crippen molar-refractivity contribution in [3.8, 4) is 5.75 Å². The van der Waals surface area contributed by atoms with Crippen molar-refractivity contribution in [1.82, 2.24) is 24.9 Å². The number of carbonyl (C=O) groups is 1. The summed E-state index contributed by atoms with van der Waals surface area (Å²) in [6.07, 6.45) is 4.85. The Bertz CT molecular complexity index is 889. The molecule has 1 amide bonds. The molecule has 3 aromatic rings. The minimum atomic E-state index is -0.294. The molecule has 26 heavy (non-hydrogen) atoms. The highest BCUT2D eigenvalue weighted by molar-refractivity contribution is 6.37. The lowest BCUT2D eigenvalue weighted by molar-refractivity contribution is 0.0945. The largest absolute Gasteiger partial charge is 0.468 e. The normalized spacial score (nSPS) is 10.7. The SMILES string of the molecule is O=C(NCCn1cc(Cl)cn1)c1ccn(COc2c(Cl)cccc2Cl)n1. The Balaban J connectivity index is 1.51. The number of nitrogens with zero attached hydrogens (tertiary/aromatic N) is 4. The second-order valence-corrected chi connectivity index (χ2v) is 6.49. The van der Waals surface area contributed by atoms with Crippen molar-refractivity contribution in [2.45, 2.75) is 13.3 Å². The summed E-state index contributed by atoms with van der Waals surface area (Å²) in [4.78, 5) is 12.1. The Morgan fingerprint density at radius 2 is 1.92 bits per heavy atom. The van der Waals surface area contributed by atoms with Gasteiger partial charge in [0.1, 0.15) is 5.69 Å². The first-order chi connectivity index (χ1) is 12.5. The van der Waals surface area contributed by atoms with E-state index >= 15 is 0 Å². The van der Waals surface area contributed by atoms with Gasteiger partial charge in [0, 0.05) is 18.9 Å². The molecular formula is C16H14Cl3N5O2. The van der Waals surface area contributed by atoms with Crippen LogP contribution in [0, 0.1) is 0 Å². The van der Waals surface area contributed by atoms with E-state index in [2.05, 4.69) is 15.5 Å². The van der Waals surface area contributed by atoms with Crippen LogP contribution in [-0.2, 0) is 13.3 Å². The molecule has 1 aromatic carbocycles. The molecule has 3 rings (SSSR count). The van der Waals surface area contributed by atoms with Crippen molar-refractivity contribution in [1.29, 1.82) is 0 Å². The molecule has 136 valence electrons. The Kier molecular flexibility index (Phi) is 6.03. The number of hydrogen-bond donors (Lipinski definition) is 1. The van der Waals surface area contributed by atoms with E-state index in [0.29, 0.717) is 33.9 Å². The quantitative estimate of drug-likeness (QED) is 0.642. The molecule has 0 aliphatic heterocycles. The molecule has 2 aromatic heterocycles. The van der Waals surface area contributed by atoms with Gasteiger partial charge in [-0.05, 0) is 18.2 Å². The highest BCUT2D eigenvalue weighted by Crippen LogP contribution is 2.32. The van der Waals surface area contributed by atoms with E-state index < -0.39 is 0 Å². The van der Waals surface area contributed by atoms with Crippen LogP contribution in [0.15, 0.2) is 42.9 Å². The van der Waals surface area contributed by atoms with E-state index in [1.165, 1.54) is 10.9 Å². The molecule has 0 spiro atoms. The van der Waals surface area contributed by atoms with Gasteiger partial charge in [0.05, 0.1) is 27.8 Å². The van der Waals surface area contributed by atoms with Crippen molar-refractivity contribution in [3.05, 3.63) is 63.6 Å².